The molecule has 3 heteroatoms. The number of hydrogen-bond acceptors (Lipinski definition) is 3. The number of likely N-dealkylation sites (N-methyl/N-ethyl adjacent to an activating group) is 1. The molecule has 0 saturated carbocycles. The van der Waals surface area contributed by atoms with Crippen LogP contribution < -0.4 is 5.73 Å². The number of rotatable bonds is 5. The second-order valence-electron chi connectivity index (χ2n) is 4.13. The molecule has 0 amide bonds. The highest BCUT2D eigenvalue weighted by atomic mass is 16.5. The highest BCUT2D eigenvalue weighted by molar-refractivity contribution is 4.88. The summed E-state index contributed by atoms with van der Waals surface area (Å²) in [5.74, 6) is 0. The number of nitrogens with two attached hydrogens (primary N) is 1. The zero-order chi connectivity index (χ0) is 10.4. The van der Waals surface area contributed by atoms with Crippen molar-refractivity contribution in [3.8, 4) is 0 Å². The average molecular weight is 200 g/mol. The predicted molar refractivity (Wildman–Crippen MR) is 59.4 cm³/mol. The van der Waals surface area contributed by atoms with Gasteiger partial charge in [-0.15, -0.1) is 0 Å². The van der Waals surface area contributed by atoms with Crippen LogP contribution in [0.25, 0.3) is 0 Å². The number of nitrogens with zero attached hydrogens (tertiary/aromatic N) is 1. The van der Waals surface area contributed by atoms with E-state index in [1.54, 1.807) is 0 Å². The van der Waals surface area contributed by atoms with Crippen molar-refractivity contribution in [1.82, 2.24) is 4.90 Å². The van der Waals surface area contributed by atoms with E-state index in [4.69, 9.17) is 10.5 Å². The Morgan fingerprint density at radius 3 is 2.79 bits per heavy atom. The van der Waals surface area contributed by atoms with Gasteiger partial charge in [-0.3, -0.25) is 0 Å². The maximum absolute atomic E-state index is 5.92. The summed E-state index contributed by atoms with van der Waals surface area (Å²) in [4.78, 5) is 2.47. The van der Waals surface area contributed by atoms with Crippen molar-refractivity contribution >= 4 is 0 Å². The summed E-state index contributed by atoms with van der Waals surface area (Å²) in [7, 11) is 0. The molecule has 1 saturated heterocycles. The van der Waals surface area contributed by atoms with Crippen LogP contribution in [0, 0.1) is 0 Å². The van der Waals surface area contributed by atoms with Gasteiger partial charge >= 0.3 is 0 Å². The summed E-state index contributed by atoms with van der Waals surface area (Å²) in [6, 6.07) is 0. The third-order valence-electron chi connectivity index (χ3n) is 3.12. The number of hydrogen-bond donors (Lipinski definition) is 1. The van der Waals surface area contributed by atoms with Gasteiger partial charge in [0, 0.05) is 13.2 Å². The van der Waals surface area contributed by atoms with Crippen LogP contribution in [0.5, 0.6) is 0 Å². The van der Waals surface area contributed by atoms with Crippen LogP contribution in [0.3, 0.4) is 0 Å². The molecule has 0 aromatic heterocycles. The van der Waals surface area contributed by atoms with Gasteiger partial charge in [0.05, 0.1) is 5.60 Å². The van der Waals surface area contributed by atoms with Crippen molar-refractivity contribution in [3.05, 3.63) is 0 Å². The van der Waals surface area contributed by atoms with E-state index in [2.05, 4.69) is 18.7 Å². The molecular weight excluding hydrogens is 176 g/mol. The predicted octanol–water partition coefficient (Wildman–Crippen LogP) is 1.23. The second kappa shape index (κ2) is 5.69. The maximum atomic E-state index is 5.92. The molecule has 1 atom stereocenters. The van der Waals surface area contributed by atoms with Gasteiger partial charge in [0.2, 0.25) is 0 Å². The average Bonchev–Trinajstić information content (AvgIpc) is 2.19. The van der Waals surface area contributed by atoms with E-state index in [1.165, 1.54) is 19.4 Å². The molecule has 0 spiro atoms. The van der Waals surface area contributed by atoms with E-state index in [0.29, 0.717) is 0 Å². The Hall–Kier alpha value is -0.120. The molecular formula is C11H24N2O. The first-order chi connectivity index (χ1) is 6.76. The summed E-state index contributed by atoms with van der Waals surface area (Å²) in [6.45, 7) is 9.23. The fraction of sp³-hybridized carbons (Fsp3) is 1.00. The summed E-state index contributed by atoms with van der Waals surface area (Å²) in [6.07, 6.45) is 3.42. The van der Waals surface area contributed by atoms with E-state index in [9.17, 15) is 0 Å². The Labute approximate surface area is 87.6 Å². The monoisotopic (exact) mass is 200 g/mol. The fourth-order valence-electron chi connectivity index (χ4n) is 2.42. The Kier molecular flexibility index (Phi) is 4.85. The van der Waals surface area contributed by atoms with Crippen LogP contribution >= 0.6 is 0 Å². The molecule has 0 aliphatic carbocycles. The molecule has 0 aromatic carbocycles. The highest BCUT2D eigenvalue weighted by Gasteiger charge is 2.34. The second-order valence-corrected chi connectivity index (χ2v) is 4.13. The van der Waals surface area contributed by atoms with Crippen molar-refractivity contribution in [3.63, 3.8) is 0 Å². The molecule has 2 N–H and O–H groups in total. The fourth-order valence-corrected chi connectivity index (χ4v) is 2.42. The summed E-state index contributed by atoms with van der Waals surface area (Å²) >= 11 is 0. The standard InChI is InChI=1S/C11H24N2O/c1-3-13-9-5-6-11(10-13,7-8-12)14-4-2/h3-10,12H2,1-2H3. The van der Waals surface area contributed by atoms with E-state index in [-0.39, 0.29) is 5.60 Å². The minimum atomic E-state index is 0.0533. The Morgan fingerprint density at radius 1 is 1.43 bits per heavy atom. The quantitative estimate of drug-likeness (QED) is 0.725. The Morgan fingerprint density at radius 2 is 2.21 bits per heavy atom. The number of piperidine rings is 1. The van der Waals surface area contributed by atoms with Gasteiger partial charge in [0.1, 0.15) is 0 Å². The lowest BCUT2D eigenvalue weighted by Crippen LogP contribution is -2.50. The molecule has 1 rings (SSSR count). The molecule has 1 fully saturated rings. The van der Waals surface area contributed by atoms with Gasteiger partial charge in [-0.25, -0.2) is 0 Å². The van der Waals surface area contributed by atoms with E-state index in [1.807, 2.05) is 0 Å². The lowest BCUT2D eigenvalue weighted by molar-refractivity contribution is -0.0881. The molecule has 1 unspecified atom stereocenters. The van der Waals surface area contributed by atoms with Crippen LogP contribution in [0.15, 0.2) is 0 Å². The number of likely N-dealkylation sites (tertiary alicyclic amines) is 1. The Balaban J connectivity index is 2.55. The van der Waals surface area contributed by atoms with E-state index in [0.717, 1.165) is 32.7 Å². The van der Waals surface area contributed by atoms with Crippen LogP contribution in [0.4, 0.5) is 0 Å². The van der Waals surface area contributed by atoms with Gasteiger partial charge in [-0.05, 0) is 45.8 Å². The van der Waals surface area contributed by atoms with Crippen LogP contribution in [-0.2, 0) is 4.74 Å². The van der Waals surface area contributed by atoms with Crippen molar-refractivity contribution < 1.29 is 4.74 Å². The van der Waals surface area contributed by atoms with E-state index < -0.39 is 0 Å². The molecule has 0 bridgehead atoms. The van der Waals surface area contributed by atoms with Gasteiger partial charge in [0.25, 0.3) is 0 Å². The van der Waals surface area contributed by atoms with Gasteiger partial charge < -0.3 is 15.4 Å². The molecule has 3 nitrogen and oxygen atoms in total. The zero-order valence-corrected chi connectivity index (χ0v) is 9.59. The molecule has 1 heterocycles. The minimum Gasteiger partial charge on any atom is -0.374 e. The normalized spacial score (nSPS) is 29.4. The first-order valence-corrected chi connectivity index (χ1v) is 5.82. The van der Waals surface area contributed by atoms with Gasteiger partial charge in [-0.2, -0.15) is 0 Å². The summed E-state index contributed by atoms with van der Waals surface area (Å²) in [5.41, 5.74) is 5.72. The molecule has 84 valence electrons. The molecule has 1 aliphatic rings. The SMILES string of the molecule is CCOC1(CCN)CCCN(CC)C1. The molecule has 0 radical (unpaired) electrons. The third kappa shape index (κ3) is 2.94. The minimum absolute atomic E-state index is 0.0533. The van der Waals surface area contributed by atoms with Crippen molar-refractivity contribution in [2.75, 3.05) is 32.8 Å². The van der Waals surface area contributed by atoms with Crippen LogP contribution in [-0.4, -0.2) is 43.3 Å². The van der Waals surface area contributed by atoms with Gasteiger partial charge in [-0.1, -0.05) is 6.92 Å². The van der Waals surface area contributed by atoms with Crippen molar-refractivity contribution in [2.24, 2.45) is 5.73 Å². The lowest BCUT2D eigenvalue weighted by Gasteiger charge is -2.42. The topological polar surface area (TPSA) is 38.5 Å². The Bertz CT molecular complexity index is 150. The first-order valence-electron chi connectivity index (χ1n) is 5.82. The summed E-state index contributed by atoms with van der Waals surface area (Å²) < 4.78 is 5.92. The molecule has 1 aliphatic heterocycles. The number of ether oxygens (including phenoxy) is 1. The highest BCUT2D eigenvalue weighted by Crippen LogP contribution is 2.27. The van der Waals surface area contributed by atoms with E-state index >= 15 is 0 Å². The largest absolute Gasteiger partial charge is 0.374 e. The van der Waals surface area contributed by atoms with Crippen molar-refractivity contribution in [2.45, 2.75) is 38.7 Å². The van der Waals surface area contributed by atoms with Crippen LogP contribution in [0.1, 0.15) is 33.1 Å². The lowest BCUT2D eigenvalue weighted by atomic mass is 9.89. The van der Waals surface area contributed by atoms with Crippen molar-refractivity contribution in [1.29, 1.82) is 0 Å². The summed E-state index contributed by atoms with van der Waals surface area (Å²) in [5, 5.41) is 0. The molecule has 0 aromatic rings. The maximum Gasteiger partial charge on any atom is 0.0821 e. The third-order valence-corrected chi connectivity index (χ3v) is 3.12. The smallest absolute Gasteiger partial charge is 0.0821 e. The zero-order valence-electron chi connectivity index (χ0n) is 9.59. The molecule has 14 heavy (non-hydrogen) atoms. The first kappa shape index (κ1) is 12.0. The van der Waals surface area contributed by atoms with Crippen LogP contribution in [0.2, 0.25) is 0 Å². The van der Waals surface area contributed by atoms with Gasteiger partial charge in [0.15, 0.2) is 0 Å².